The highest BCUT2D eigenvalue weighted by atomic mass is 79.9. The number of nitrogen functional groups attached to an aromatic ring is 1. The molecule has 1 amide bonds. The fraction of sp³-hybridized carbons (Fsp3) is 0.0556. The molecule has 1 heterocycles. The van der Waals surface area contributed by atoms with Gasteiger partial charge in [0.15, 0.2) is 5.76 Å². The van der Waals surface area contributed by atoms with Gasteiger partial charge >= 0.3 is 0 Å². The molecule has 122 valence electrons. The zero-order valence-electron chi connectivity index (χ0n) is 12.8. The molecule has 0 aliphatic heterocycles. The lowest BCUT2D eigenvalue weighted by Gasteiger charge is -2.06. The predicted octanol–water partition coefficient (Wildman–Crippen LogP) is 5.61. The van der Waals surface area contributed by atoms with Crippen LogP contribution in [-0.2, 0) is 0 Å². The van der Waals surface area contributed by atoms with Crippen LogP contribution in [0.2, 0.25) is 0 Å². The van der Waals surface area contributed by atoms with E-state index in [1.807, 2.05) is 25.1 Å². The van der Waals surface area contributed by atoms with E-state index in [9.17, 15) is 4.79 Å². The molecule has 0 fully saturated rings. The lowest BCUT2D eigenvalue weighted by molar-refractivity contribution is 0.0997. The van der Waals surface area contributed by atoms with Gasteiger partial charge in [-0.3, -0.25) is 4.79 Å². The van der Waals surface area contributed by atoms with Crippen LogP contribution in [0.5, 0.6) is 0 Å². The van der Waals surface area contributed by atoms with Crippen molar-refractivity contribution in [3.63, 3.8) is 0 Å². The zero-order valence-corrected chi connectivity index (χ0v) is 15.9. The number of hydrogen-bond acceptors (Lipinski definition) is 3. The molecule has 24 heavy (non-hydrogen) atoms. The Kier molecular flexibility index (Phi) is 4.78. The van der Waals surface area contributed by atoms with Gasteiger partial charge in [0, 0.05) is 20.2 Å². The van der Waals surface area contributed by atoms with Crippen LogP contribution >= 0.6 is 31.9 Å². The van der Waals surface area contributed by atoms with E-state index in [1.54, 1.807) is 30.3 Å². The number of nitrogens with two attached hydrogens (primary N) is 1. The first kappa shape index (κ1) is 16.8. The van der Waals surface area contributed by atoms with Gasteiger partial charge in [-0.1, -0.05) is 22.0 Å². The first-order chi connectivity index (χ1) is 11.4. The third-order valence-electron chi connectivity index (χ3n) is 3.51. The standard InChI is InChI=1S/C18H14Br2N2O2/c1-10-8-11(2-4-13(10)19)16-6-7-17(24-16)18(23)22-15-5-3-12(21)9-14(15)20/h2-9H,21H2,1H3,(H,22,23). The van der Waals surface area contributed by atoms with Gasteiger partial charge in [-0.25, -0.2) is 0 Å². The molecule has 0 aliphatic carbocycles. The van der Waals surface area contributed by atoms with Crippen LogP contribution in [0.25, 0.3) is 11.3 Å². The molecule has 0 bridgehead atoms. The number of rotatable bonds is 3. The summed E-state index contributed by atoms with van der Waals surface area (Å²) in [6.07, 6.45) is 0. The predicted molar refractivity (Wildman–Crippen MR) is 103 cm³/mol. The van der Waals surface area contributed by atoms with Crippen molar-refractivity contribution in [3.8, 4) is 11.3 Å². The lowest BCUT2D eigenvalue weighted by atomic mass is 10.1. The van der Waals surface area contributed by atoms with Gasteiger partial charge in [0.25, 0.3) is 5.91 Å². The van der Waals surface area contributed by atoms with Crippen LogP contribution in [0.4, 0.5) is 11.4 Å². The molecule has 0 aliphatic rings. The smallest absolute Gasteiger partial charge is 0.291 e. The number of hydrogen-bond donors (Lipinski definition) is 2. The van der Waals surface area contributed by atoms with Crippen LogP contribution in [0.3, 0.4) is 0 Å². The maximum Gasteiger partial charge on any atom is 0.291 e. The summed E-state index contributed by atoms with van der Waals surface area (Å²) >= 11 is 6.85. The summed E-state index contributed by atoms with van der Waals surface area (Å²) in [4.78, 5) is 12.4. The number of anilines is 2. The summed E-state index contributed by atoms with van der Waals surface area (Å²) < 4.78 is 7.44. The molecule has 0 unspecified atom stereocenters. The minimum absolute atomic E-state index is 0.245. The molecule has 0 saturated heterocycles. The molecule has 2 aromatic carbocycles. The molecule has 0 spiro atoms. The summed E-state index contributed by atoms with van der Waals surface area (Å²) in [6.45, 7) is 2.00. The number of amides is 1. The molecule has 1 aromatic heterocycles. The first-order valence-electron chi connectivity index (χ1n) is 7.17. The van der Waals surface area contributed by atoms with E-state index in [1.165, 1.54) is 0 Å². The Balaban J connectivity index is 1.82. The highest BCUT2D eigenvalue weighted by Crippen LogP contribution is 2.28. The molecule has 0 saturated carbocycles. The van der Waals surface area contributed by atoms with Gasteiger partial charge < -0.3 is 15.5 Å². The largest absolute Gasteiger partial charge is 0.451 e. The fourth-order valence-electron chi connectivity index (χ4n) is 2.23. The Labute approximate surface area is 156 Å². The second-order valence-corrected chi connectivity index (χ2v) is 7.03. The lowest BCUT2D eigenvalue weighted by Crippen LogP contribution is -2.11. The first-order valence-corrected chi connectivity index (χ1v) is 8.75. The van der Waals surface area contributed by atoms with Gasteiger partial charge in [-0.05, 0) is 70.9 Å². The SMILES string of the molecule is Cc1cc(-c2ccc(C(=O)Nc3ccc(N)cc3Br)o2)ccc1Br. The molecule has 3 aromatic rings. The number of furan rings is 1. The normalized spacial score (nSPS) is 10.6. The second kappa shape index (κ2) is 6.83. The van der Waals surface area contributed by atoms with Crippen molar-refractivity contribution in [1.29, 1.82) is 0 Å². The molecular weight excluding hydrogens is 436 g/mol. The Morgan fingerprint density at radius 2 is 1.83 bits per heavy atom. The summed E-state index contributed by atoms with van der Waals surface area (Å²) in [6, 6.07) is 14.5. The van der Waals surface area contributed by atoms with Crippen molar-refractivity contribution in [2.45, 2.75) is 6.92 Å². The van der Waals surface area contributed by atoms with E-state index in [4.69, 9.17) is 10.2 Å². The van der Waals surface area contributed by atoms with Crippen LogP contribution in [0, 0.1) is 6.92 Å². The molecule has 4 nitrogen and oxygen atoms in total. The number of aryl methyl sites for hydroxylation is 1. The van der Waals surface area contributed by atoms with Crippen LogP contribution in [0.15, 0.2) is 61.9 Å². The Hall–Kier alpha value is -2.05. The fourth-order valence-corrected chi connectivity index (χ4v) is 2.97. The summed E-state index contributed by atoms with van der Waals surface area (Å²) in [5.41, 5.74) is 8.96. The Bertz CT molecular complexity index is 919. The minimum atomic E-state index is -0.319. The zero-order chi connectivity index (χ0) is 17.3. The topological polar surface area (TPSA) is 68.3 Å². The van der Waals surface area contributed by atoms with Gasteiger partial charge in [-0.15, -0.1) is 0 Å². The van der Waals surface area contributed by atoms with Crippen LogP contribution < -0.4 is 11.1 Å². The Morgan fingerprint density at radius 1 is 1.04 bits per heavy atom. The summed E-state index contributed by atoms with van der Waals surface area (Å²) in [5.74, 6) is 0.571. The maximum atomic E-state index is 12.4. The molecule has 0 radical (unpaired) electrons. The number of benzene rings is 2. The summed E-state index contributed by atoms with van der Waals surface area (Å²) in [7, 11) is 0. The van der Waals surface area contributed by atoms with Gasteiger partial charge in [0.2, 0.25) is 0 Å². The van der Waals surface area contributed by atoms with E-state index >= 15 is 0 Å². The van der Waals surface area contributed by atoms with Gasteiger partial charge in [0.1, 0.15) is 5.76 Å². The highest BCUT2D eigenvalue weighted by Gasteiger charge is 2.14. The minimum Gasteiger partial charge on any atom is -0.451 e. The van der Waals surface area contributed by atoms with Gasteiger partial charge in [-0.2, -0.15) is 0 Å². The average Bonchev–Trinajstić information content (AvgIpc) is 3.03. The third-order valence-corrected chi connectivity index (χ3v) is 5.06. The summed E-state index contributed by atoms with van der Waals surface area (Å²) in [5, 5.41) is 2.80. The molecule has 3 N–H and O–H groups in total. The molecule has 0 atom stereocenters. The monoisotopic (exact) mass is 448 g/mol. The number of nitrogens with one attached hydrogen (secondary N) is 1. The third kappa shape index (κ3) is 3.55. The molecule has 3 rings (SSSR count). The van der Waals surface area contributed by atoms with Crippen molar-refractivity contribution in [3.05, 3.63) is 68.8 Å². The second-order valence-electron chi connectivity index (χ2n) is 5.32. The van der Waals surface area contributed by atoms with E-state index in [-0.39, 0.29) is 11.7 Å². The van der Waals surface area contributed by atoms with Crippen LogP contribution in [-0.4, -0.2) is 5.91 Å². The van der Waals surface area contributed by atoms with Crippen molar-refractivity contribution in [2.75, 3.05) is 11.1 Å². The van der Waals surface area contributed by atoms with E-state index < -0.39 is 0 Å². The van der Waals surface area contributed by atoms with E-state index in [2.05, 4.69) is 37.2 Å². The Morgan fingerprint density at radius 3 is 2.54 bits per heavy atom. The van der Waals surface area contributed by atoms with Gasteiger partial charge in [0.05, 0.1) is 5.69 Å². The molecule has 6 heteroatoms. The highest BCUT2D eigenvalue weighted by molar-refractivity contribution is 9.10. The van der Waals surface area contributed by atoms with E-state index in [0.717, 1.165) is 15.6 Å². The van der Waals surface area contributed by atoms with Crippen molar-refractivity contribution in [2.24, 2.45) is 0 Å². The number of carbonyl (C=O) groups excluding carboxylic acids is 1. The maximum absolute atomic E-state index is 12.4. The average molecular weight is 450 g/mol. The van der Waals surface area contributed by atoms with Crippen molar-refractivity contribution in [1.82, 2.24) is 0 Å². The number of halogens is 2. The van der Waals surface area contributed by atoms with E-state index in [0.29, 0.717) is 21.6 Å². The quantitative estimate of drug-likeness (QED) is 0.510. The number of carbonyl (C=O) groups is 1. The molecular formula is C18H14Br2N2O2. The van der Waals surface area contributed by atoms with Crippen molar-refractivity contribution < 1.29 is 9.21 Å². The van der Waals surface area contributed by atoms with Crippen molar-refractivity contribution >= 4 is 49.1 Å². The van der Waals surface area contributed by atoms with Crippen LogP contribution in [0.1, 0.15) is 16.1 Å².